The van der Waals surface area contributed by atoms with Gasteiger partial charge in [-0.1, -0.05) is 6.92 Å². The maximum atomic E-state index is 10.8. The van der Waals surface area contributed by atoms with Gasteiger partial charge >= 0.3 is 5.97 Å². The Balaban J connectivity index is 3.55. The van der Waals surface area contributed by atoms with Crippen LogP contribution in [0.15, 0.2) is 0 Å². The average molecular weight is 171 g/mol. The van der Waals surface area contributed by atoms with E-state index in [-0.39, 0.29) is 12.8 Å². The highest BCUT2D eigenvalue weighted by molar-refractivity contribution is 5.74. The van der Waals surface area contributed by atoms with Crippen molar-refractivity contribution in [2.75, 3.05) is 6.61 Å². The molecule has 0 fully saturated rings. The van der Waals surface area contributed by atoms with E-state index in [4.69, 9.17) is 10.4 Å². The highest BCUT2D eigenvalue weighted by atomic mass is 16.5. The molecule has 4 nitrogen and oxygen atoms in total. The van der Waals surface area contributed by atoms with Gasteiger partial charge in [-0.25, -0.2) is 4.79 Å². The van der Waals surface area contributed by atoms with Gasteiger partial charge in [0.1, 0.15) is 0 Å². The molecular weight excluding hydrogens is 158 g/mol. The van der Waals surface area contributed by atoms with Crippen LogP contribution in [0.1, 0.15) is 26.2 Å². The fourth-order valence-corrected chi connectivity index (χ4v) is 0.618. The summed E-state index contributed by atoms with van der Waals surface area (Å²) < 4.78 is 4.65. The van der Waals surface area contributed by atoms with E-state index >= 15 is 0 Å². The van der Waals surface area contributed by atoms with E-state index in [0.717, 1.165) is 6.42 Å². The number of carbonyl (C=O) groups is 1. The predicted molar refractivity (Wildman–Crippen MR) is 42.1 cm³/mol. The molecule has 12 heavy (non-hydrogen) atoms. The van der Waals surface area contributed by atoms with Crippen molar-refractivity contribution in [3.8, 4) is 6.07 Å². The molecule has 0 saturated carbocycles. The summed E-state index contributed by atoms with van der Waals surface area (Å²) in [5.41, 5.74) is 0. The Kier molecular flexibility index (Phi) is 6.02. The van der Waals surface area contributed by atoms with Gasteiger partial charge in [-0.2, -0.15) is 5.26 Å². The monoisotopic (exact) mass is 171 g/mol. The number of hydrogen-bond donors (Lipinski definition) is 1. The number of aliphatic hydroxyl groups excluding tert-OH is 1. The second-order valence-corrected chi connectivity index (χ2v) is 2.38. The molecule has 0 heterocycles. The van der Waals surface area contributed by atoms with E-state index in [1.54, 1.807) is 0 Å². The highest BCUT2D eigenvalue weighted by Gasteiger charge is 2.14. The van der Waals surface area contributed by atoms with Crippen molar-refractivity contribution < 1.29 is 14.6 Å². The van der Waals surface area contributed by atoms with Crippen molar-refractivity contribution >= 4 is 5.97 Å². The summed E-state index contributed by atoms with van der Waals surface area (Å²) in [6.07, 6.45) is -0.0887. The topological polar surface area (TPSA) is 70.3 Å². The minimum absolute atomic E-state index is 0.152. The molecule has 0 radical (unpaired) electrons. The van der Waals surface area contributed by atoms with Gasteiger partial charge < -0.3 is 9.84 Å². The predicted octanol–water partition coefficient (Wildman–Crippen LogP) is 0.604. The van der Waals surface area contributed by atoms with Crippen LogP contribution in [0.2, 0.25) is 0 Å². The standard InChI is InChI=1S/C8H13NO3/c1-2-6-12-8(11)7(10)4-3-5-9/h7,10H,2-4,6H2,1H3. The average Bonchev–Trinajstić information content (AvgIpc) is 2.10. The van der Waals surface area contributed by atoms with Gasteiger partial charge in [-0.05, 0) is 12.8 Å². The molecule has 68 valence electrons. The van der Waals surface area contributed by atoms with E-state index in [1.807, 2.05) is 13.0 Å². The summed E-state index contributed by atoms with van der Waals surface area (Å²) in [5, 5.41) is 17.2. The van der Waals surface area contributed by atoms with Crippen LogP contribution in [0.5, 0.6) is 0 Å². The molecule has 0 aliphatic heterocycles. The van der Waals surface area contributed by atoms with Crippen molar-refractivity contribution in [2.45, 2.75) is 32.3 Å². The third-order valence-corrected chi connectivity index (χ3v) is 1.25. The summed E-state index contributed by atoms with van der Waals surface area (Å²) in [4.78, 5) is 10.8. The Hall–Kier alpha value is -1.08. The molecule has 0 saturated heterocycles. The lowest BCUT2D eigenvalue weighted by molar-refractivity contribution is -0.153. The molecule has 0 amide bonds. The van der Waals surface area contributed by atoms with E-state index < -0.39 is 12.1 Å². The largest absolute Gasteiger partial charge is 0.464 e. The first-order chi connectivity index (χ1) is 5.72. The zero-order chi connectivity index (χ0) is 9.40. The Morgan fingerprint density at radius 3 is 2.92 bits per heavy atom. The lowest BCUT2D eigenvalue weighted by Gasteiger charge is -2.07. The second kappa shape index (κ2) is 6.62. The maximum Gasteiger partial charge on any atom is 0.334 e. The summed E-state index contributed by atoms with van der Waals surface area (Å²) in [5.74, 6) is -0.632. The van der Waals surface area contributed by atoms with E-state index in [0.29, 0.717) is 6.61 Å². The minimum atomic E-state index is -1.14. The van der Waals surface area contributed by atoms with Gasteiger partial charge in [0.05, 0.1) is 12.7 Å². The number of carbonyl (C=O) groups excluding carboxylic acids is 1. The van der Waals surface area contributed by atoms with Crippen LogP contribution in [0.3, 0.4) is 0 Å². The quantitative estimate of drug-likeness (QED) is 0.615. The van der Waals surface area contributed by atoms with Crippen molar-refractivity contribution in [3.63, 3.8) is 0 Å². The normalized spacial score (nSPS) is 11.8. The molecule has 0 spiro atoms. The van der Waals surface area contributed by atoms with Crippen LogP contribution in [0, 0.1) is 11.3 Å². The van der Waals surface area contributed by atoms with Gasteiger partial charge in [0.2, 0.25) is 0 Å². The van der Waals surface area contributed by atoms with Crippen molar-refractivity contribution in [1.29, 1.82) is 5.26 Å². The van der Waals surface area contributed by atoms with Gasteiger partial charge in [0.15, 0.2) is 6.10 Å². The first-order valence-electron chi connectivity index (χ1n) is 3.94. The fourth-order valence-electron chi connectivity index (χ4n) is 0.618. The molecule has 4 heteroatoms. The number of esters is 1. The third-order valence-electron chi connectivity index (χ3n) is 1.25. The zero-order valence-corrected chi connectivity index (χ0v) is 7.12. The summed E-state index contributed by atoms with van der Waals surface area (Å²) in [7, 11) is 0. The SMILES string of the molecule is CCCOC(=O)C(O)CCC#N. The molecule has 0 aromatic carbocycles. The minimum Gasteiger partial charge on any atom is -0.464 e. The lowest BCUT2D eigenvalue weighted by Crippen LogP contribution is -2.23. The lowest BCUT2D eigenvalue weighted by atomic mass is 10.2. The molecule has 0 bridgehead atoms. The Labute approximate surface area is 71.8 Å². The molecule has 0 aliphatic rings. The van der Waals surface area contributed by atoms with Gasteiger partial charge in [0.25, 0.3) is 0 Å². The molecule has 0 aromatic rings. The van der Waals surface area contributed by atoms with Crippen molar-refractivity contribution in [1.82, 2.24) is 0 Å². The number of hydrogen-bond acceptors (Lipinski definition) is 4. The van der Waals surface area contributed by atoms with Crippen LogP contribution < -0.4 is 0 Å². The van der Waals surface area contributed by atoms with Crippen LogP contribution in [-0.2, 0) is 9.53 Å². The second-order valence-electron chi connectivity index (χ2n) is 2.38. The molecule has 0 rings (SSSR count). The highest BCUT2D eigenvalue weighted by Crippen LogP contribution is 1.98. The van der Waals surface area contributed by atoms with Crippen LogP contribution in [0.4, 0.5) is 0 Å². The number of aliphatic hydroxyl groups is 1. The van der Waals surface area contributed by atoms with Gasteiger partial charge in [0, 0.05) is 6.42 Å². The van der Waals surface area contributed by atoms with Crippen LogP contribution in [-0.4, -0.2) is 23.8 Å². The van der Waals surface area contributed by atoms with Gasteiger partial charge in [-0.3, -0.25) is 0 Å². The summed E-state index contributed by atoms with van der Waals surface area (Å²) >= 11 is 0. The molecule has 1 atom stereocenters. The number of nitriles is 1. The first-order valence-corrected chi connectivity index (χ1v) is 3.94. The molecule has 0 aliphatic carbocycles. The fraction of sp³-hybridized carbons (Fsp3) is 0.750. The molecule has 0 aromatic heterocycles. The molecular formula is C8H13NO3. The summed E-state index contributed by atoms with van der Waals surface area (Å²) in [6, 6.07) is 1.84. The first kappa shape index (κ1) is 10.9. The smallest absolute Gasteiger partial charge is 0.334 e. The van der Waals surface area contributed by atoms with E-state index in [1.165, 1.54) is 0 Å². The number of nitrogens with zero attached hydrogens (tertiary/aromatic N) is 1. The third kappa shape index (κ3) is 4.69. The van der Waals surface area contributed by atoms with Crippen molar-refractivity contribution in [2.24, 2.45) is 0 Å². The van der Waals surface area contributed by atoms with Crippen LogP contribution in [0.25, 0.3) is 0 Å². The molecule has 1 unspecified atom stereocenters. The van der Waals surface area contributed by atoms with Gasteiger partial charge in [-0.15, -0.1) is 0 Å². The molecule has 1 N–H and O–H groups in total. The Bertz CT molecular complexity index is 174. The van der Waals surface area contributed by atoms with Crippen LogP contribution >= 0.6 is 0 Å². The summed E-state index contributed by atoms with van der Waals surface area (Å²) in [6.45, 7) is 2.19. The van der Waals surface area contributed by atoms with E-state index in [9.17, 15) is 4.79 Å². The van der Waals surface area contributed by atoms with Crippen molar-refractivity contribution in [3.05, 3.63) is 0 Å². The number of ether oxygens (including phenoxy) is 1. The maximum absolute atomic E-state index is 10.8. The Morgan fingerprint density at radius 1 is 1.75 bits per heavy atom. The number of rotatable bonds is 5. The zero-order valence-electron chi connectivity index (χ0n) is 7.12. The Morgan fingerprint density at radius 2 is 2.42 bits per heavy atom. The van der Waals surface area contributed by atoms with E-state index in [2.05, 4.69) is 4.74 Å².